The van der Waals surface area contributed by atoms with Crippen molar-refractivity contribution < 1.29 is 19.1 Å². The Hall–Kier alpha value is -4.98. The van der Waals surface area contributed by atoms with Gasteiger partial charge in [0.15, 0.2) is 0 Å². The summed E-state index contributed by atoms with van der Waals surface area (Å²) in [6.07, 6.45) is 9.37. The number of hydrazone groups is 1. The molecule has 2 aromatic rings. The molecule has 0 saturated carbocycles. The molecule has 3 amide bonds. The van der Waals surface area contributed by atoms with Gasteiger partial charge in [-0.05, 0) is 61.4 Å². The Morgan fingerprint density at radius 1 is 1.20 bits per heavy atom. The second-order valence-electron chi connectivity index (χ2n) is 9.34. The molecule has 15 heteroatoms. The van der Waals surface area contributed by atoms with Gasteiger partial charge >= 0.3 is 6.09 Å². The first-order valence-electron chi connectivity index (χ1n) is 13.1. The van der Waals surface area contributed by atoms with Crippen molar-refractivity contribution in [3.8, 4) is 0 Å². The number of benzene rings is 2. The third-order valence-corrected chi connectivity index (χ3v) is 6.72. The molecule has 1 atom stereocenters. The van der Waals surface area contributed by atoms with Gasteiger partial charge in [0.1, 0.15) is 11.5 Å². The number of carbonyl (C=O) groups excluding carboxylic acids is 3. The molecule has 2 aromatic carbocycles. The van der Waals surface area contributed by atoms with E-state index in [4.69, 9.17) is 46.4 Å². The molecule has 44 heavy (non-hydrogen) atoms. The number of ether oxygens (including phenoxy) is 1. The number of allylic oxidation sites excluding steroid dienone is 1. The number of nitrogens with two attached hydrogens (primary N) is 4. The average molecular weight is 643 g/mol. The Morgan fingerprint density at radius 2 is 1.98 bits per heavy atom. The summed E-state index contributed by atoms with van der Waals surface area (Å²) in [6, 6.07) is 8.94. The Labute approximate surface area is 264 Å². The smallest absolute Gasteiger partial charge is 0.411 e. The number of hydrazine groups is 1. The number of hydrogen-bond donors (Lipinski definition) is 7. The molecular formula is C29H33Cl2N9O4. The van der Waals surface area contributed by atoms with E-state index in [1.165, 1.54) is 36.7 Å². The molecule has 1 aliphatic rings. The van der Waals surface area contributed by atoms with E-state index in [-0.39, 0.29) is 29.6 Å². The van der Waals surface area contributed by atoms with Crippen LogP contribution in [0.3, 0.4) is 0 Å². The van der Waals surface area contributed by atoms with Gasteiger partial charge < -0.3 is 32.7 Å². The molecule has 3 rings (SSSR count). The van der Waals surface area contributed by atoms with E-state index in [1.54, 1.807) is 36.4 Å². The number of anilines is 3. The Morgan fingerprint density at radius 3 is 2.68 bits per heavy atom. The molecule has 0 bridgehead atoms. The first-order chi connectivity index (χ1) is 21.0. The number of nitrogens with zero attached hydrogens (tertiary/aromatic N) is 2. The molecule has 232 valence electrons. The largest absolute Gasteiger partial charge is 0.453 e. The van der Waals surface area contributed by atoms with Crippen molar-refractivity contribution in [2.75, 3.05) is 22.8 Å². The monoisotopic (exact) mass is 641 g/mol. The van der Waals surface area contributed by atoms with E-state index in [0.717, 1.165) is 0 Å². The maximum Gasteiger partial charge on any atom is 0.411 e. The molecule has 1 heterocycles. The Kier molecular flexibility index (Phi) is 12.2. The van der Waals surface area contributed by atoms with E-state index in [1.807, 2.05) is 12.2 Å². The van der Waals surface area contributed by atoms with Crippen molar-refractivity contribution in [3.05, 3.63) is 87.6 Å². The number of amides is 3. The van der Waals surface area contributed by atoms with Crippen molar-refractivity contribution in [1.29, 1.82) is 0 Å². The fourth-order valence-corrected chi connectivity index (χ4v) is 4.55. The van der Waals surface area contributed by atoms with Gasteiger partial charge in [-0.25, -0.2) is 10.6 Å². The summed E-state index contributed by atoms with van der Waals surface area (Å²) in [7, 11) is 1.23. The summed E-state index contributed by atoms with van der Waals surface area (Å²) in [5.41, 5.74) is 15.2. The number of rotatable bonds is 6. The quantitative estimate of drug-likeness (QED) is 0.0464. The highest BCUT2D eigenvalue weighted by Crippen LogP contribution is 2.29. The maximum absolute atomic E-state index is 13.1. The van der Waals surface area contributed by atoms with Crippen LogP contribution >= 0.6 is 23.2 Å². The van der Waals surface area contributed by atoms with Crippen LogP contribution in [0.25, 0.3) is 11.8 Å². The minimum Gasteiger partial charge on any atom is -0.453 e. The zero-order chi connectivity index (χ0) is 32.2. The molecule has 0 radical (unpaired) electrons. The Balaban J connectivity index is 1.98. The summed E-state index contributed by atoms with van der Waals surface area (Å²) in [4.78, 5) is 37.5. The van der Waals surface area contributed by atoms with E-state index >= 15 is 0 Å². The SMILES string of the molecule is COC(=O)Nc1ccc2c(c1)NC(=O)CC/C=C/CC(NC(=O)/C=C/c1cc(Cl)ccc1N(N)/C=N\N)/C(=C(/N)Cl)C=C2N. The number of carbonyl (C=O) groups is 3. The van der Waals surface area contributed by atoms with E-state index < -0.39 is 18.0 Å². The van der Waals surface area contributed by atoms with Crippen molar-refractivity contribution in [2.24, 2.45) is 28.3 Å². The highest BCUT2D eigenvalue weighted by atomic mass is 35.5. The van der Waals surface area contributed by atoms with Crippen LogP contribution in [0.4, 0.5) is 21.9 Å². The minimum atomic E-state index is -0.707. The Bertz CT molecular complexity index is 1550. The first kappa shape index (κ1) is 33.5. The molecular weight excluding hydrogens is 609 g/mol. The normalized spacial score (nSPS) is 17.7. The number of fused-ring (bicyclic) bond motifs is 1. The van der Waals surface area contributed by atoms with Crippen LogP contribution in [0.15, 0.2) is 76.5 Å². The topological polar surface area (TPSA) is 216 Å². The summed E-state index contributed by atoms with van der Waals surface area (Å²) in [6.45, 7) is 0. The molecule has 0 fully saturated rings. The summed E-state index contributed by atoms with van der Waals surface area (Å²) < 4.78 is 4.65. The zero-order valence-corrected chi connectivity index (χ0v) is 25.2. The van der Waals surface area contributed by atoms with Gasteiger partial charge in [0, 0.05) is 45.6 Å². The van der Waals surface area contributed by atoms with Gasteiger partial charge in [0.2, 0.25) is 11.8 Å². The molecule has 0 aromatic heterocycles. The average Bonchev–Trinajstić information content (AvgIpc) is 2.98. The molecule has 11 N–H and O–H groups in total. The third kappa shape index (κ3) is 9.52. The van der Waals surface area contributed by atoms with Gasteiger partial charge in [0.25, 0.3) is 0 Å². The lowest BCUT2D eigenvalue weighted by atomic mass is 10.00. The van der Waals surface area contributed by atoms with Gasteiger partial charge in [0.05, 0.1) is 24.5 Å². The molecule has 13 nitrogen and oxygen atoms in total. The predicted molar refractivity (Wildman–Crippen MR) is 175 cm³/mol. The highest BCUT2D eigenvalue weighted by molar-refractivity contribution is 6.31. The van der Waals surface area contributed by atoms with Gasteiger partial charge in [-0.3, -0.25) is 19.9 Å². The second-order valence-corrected chi connectivity index (χ2v) is 10.2. The van der Waals surface area contributed by atoms with Crippen molar-refractivity contribution >= 4 is 76.3 Å². The zero-order valence-electron chi connectivity index (χ0n) is 23.7. The van der Waals surface area contributed by atoms with E-state index in [9.17, 15) is 14.4 Å². The molecule has 1 unspecified atom stereocenters. The second kappa shape index (κ2) is 16.0. The van der Waals surface area contributed by atoms with Crippen molar-refractivity contribution in [2.45, 2.75) is 25.3 Å². The third-order valence-electron chi connectivity index (χ3n) is 6.26. The number of hydrogen-bond acceptors (Lipinski definition) is 9. The maximum atomic E-state index is 13.1. The van der Waals surface area contributed by atoms with Crippen LogP contribution in [-0.2, 0) is 14.3 Å². The number of halogens is 2. The summed E-state index contributed by atoms with van der Waals surface area (Å²) in [5.74, 6) is 10.4. The van der Waals surface area contributed by atoms with Crippen LogP contribution < -0.4 is 44.1 Å². The highest BCUT2D eigenvalue weighted by Gasteiger charge is 2.19. The van der Waals surface area contributed by atoms with Crippen LogP contribution in [0.1, 0.15) is 30.4 Å². The standard InChI is InChI=1S/C29H33Cl2N9O4/c1-44-29(43)37-19-9-10-20-22(32)15-21(28(31)33)23(5-3-2-4-6-26(41)39-24(20)14-19)38-27(42)12-7-17-13-18(30)8-11-25(17)40(35)16-36-34/h2-3,7-16,23H,4-6,32-35H2,1H3,(H,37,43)(H,38,42)(H,39,41)/b3-2+,12-7+,22-15?,28-21+,36-16-. The molecule has 0 spiro atoms. The van der Waals surface area contributed by atoms with Crippen molar-refractivity contribution in [1.82, 2.24) is 5.32 Å². The summed E-state index contributed by atoms with van der Waals surface area (Å²) in [5, 5.41) is 13.2. The number of nitrogens with one attached hydrogen (secondary N) is 3. The van der Waals surface area contributed by atoms with E-state index in [0.29, 0.717) is 45.2 Å². The summed E-state index contributed by atoms with van der Waals surface area (Å²) >= 11 is 12.5. The van der Waals surface area contributed by atoms with Gasteiger partial charge in [-0.15, -0.1) is 0 Å². The van der Waals surface area contributed by atoms with Crippen molar-refractivity contribution in [3.63, 3.8) is 0 Å². The predicted octanol–water partition coefficient (Wildman–Crippen LogP) is 3.69. The lowest BCUT2D eigenvalue weighted by molar-refractivity contribution is -0.117. The van der Waals surface area contributed by atoms with Crippen LogP contribution in [0.2, 0.25) is 5.02 Å². The van der Waals surface area contributed by atoms with Gasteiger partial charge in [-0.1, -0.05) is 35.4 Å². The lowest BCUT2D eigenvalue weighted by Crippen LogP contribution is -2.35. The molecule has 0 saturated heterocycles. The van der Waals surface area contributed by atoms with Crippen LogP contribution in [0.5, 0.6) is 0 Å². The first-order valence-corrected chi connectivity index (χ1v) is 13.9. The van der Waals surface area contributed by atoms with Gasteiger partial charge in [-0.2, -0.15) is 5.10 Å². The lowest BCUT2D eigenvalue weighted by Gasteiger charge is -2.20. The van der Waals surface area contributed by atoms with Crippen LogP contribution in [-0.4, -0.2) is 37.4 Å². The molecule has 1 aliphatic heterocycles. The van der Waals surface area contributed by atoms with E-state index in [2.05, 4.69) is 25.8 Å². The van der Waals surface area contributed by atoms with Crippen LogP contribution in [0, 0.1) is 0 Å². The number of methoxy groups -OCH3 is 1. The fourth-order valence-electron chi connectivity index (χ4n) is 4.18. The molecule has 0 aliphatic carbocycles. The minimum absolute atomic E-state index is 0.1000. The fraction of sp³-hybridized carbons (Fsp3) is 0.172.